The molecule has 7 nitrogen and oxygen atoms in total. The van der Waals surface area contributed by atoms with E-state index in [2.05, 4.69) is 39.4 Å². The summed E-state index contributed by atoms with van der Waals surface area (Å²) in [7, 11) is 0. The maximum atomic E-state index is 11.0. The van der Waals surface area contributed by atoms with Gasteiger partial charge in [-0.25, -0.2) is 9.59 Å². The molecule has 0 aliphatic carbocycles. The molecule has 0 spiro atoms. The maximum Gasteiger partial charge on any atom is 0.344 e. The number of aliphatic carboxylic acids is 2. The number of anilines is 1. The third kappa shape index (κ3) is 5.92. The van der Waals surface area contributed by atoms with E-state index in [0.717, 1.165) is 56.6 Å². The number of benzene rings is 2. The Kier molecular flexibility index (Phi) is 7.21. The quantitative estimate of drug-likeness (QED) is 0.351. The minimum absolute atomic E-state index is 0.665. The van der Waals surface area contributed by atoms with Gasteiger partial charge in [-0.05, 0) is 35.7 Å². The van der Waals surface area contributed by atoms with E-state index in [4.69, 9.17) is 10.2 Å². The lowest BCUT2D eigenvalue weighted by atomic mass is 10.1. The average Bonchev–Trinajstić information content (AvgIpc) is 2.72. The van der Waals surface area contributed by atoms with E-state index >= 15 is 0 Å². The predicted octanol–water partition coefficient (Wildman–Crippen LogP) is 2.78. The van der Waals surface area contributed by atoms with E-state index in [0.29, 0.717) is 5.69 Å². The molecule has 0 aromatic heterocycles. The normalized spacial score (nSPS) is 14.8. The number of hydrogen-bond donors (Lipinski definition) is 3. The van der Waals surface area contributed by atoms with Gasteiger partial charge >= 0.3 is 11.9 Å². The molecular formula is C23H27N3O4. The summed E-state index contributed by atoms with van der Waals surface area (Å²) in [4.78, 5) is 26.8. The van der Waals surface area contributed by atoms with Gasteiger partial charge in [-0.3, -0.25) is 9.80 Å². The first kappa shape index (κ1) is 21.5. The molecule has 2 aromatic carbocycles. The van der Waals surface area contributed by atoms with Crippen molar-refractivity contribution in [2.24, 2.45) is 0 Å². The van der Waals surface area contributed by atoms with E-state index < -0.39 is 17.5 Å². The summed E-state index contributed by atoms with van der Waals surface area (Å²) in [6.07, 6.45) is 1.02. The van der Waals surface area contributed by atoms with Gasteiger partial charge in [0.1, 0.15) is 0 Å². The number of aryl methyl sites for hydroxylation is 1. The van der Waals surface area contributed by atoms with Crippen molar-refractivity contribution in [2.45, 2.75) is 20.0 Å². The van der Waals surface area contributed by atoms with Gasteiger partial charge in [0.15, 0.2) is 5.57 Å². The van der Waals surface area contributed by atoms with Gasteiger partial charge in [-0.2, -0.15) is 0 Å². The summed E-state index contributed by atoms with van der Waals surface area (Å²) < 4.78 is 0. The highest BCUT2D eigenvalue weighted by Crippen LogP contribution is 2.19. The summed E-state index contributed by atoms with van der Waals surface area (Å²) in [6, 6.07) is 16.2. The molecule has 1 aliphatic heterocycles. The highest BCUT2D eigenvalue weighted by atomic mass is 16.4. The Morgan fingerprint density at radius 3 is 2.13 bits per heavy atom. The molecule has 3 N–H and O–H groups in total. The van der Waals surface area contributed by atoms with Crippen LogP contribution in [0.15, 0.2) is 60.3 Å². The Morgan fingerprint density at radius 2 is 1.53 bits per heavy atom. The van der Waals surface area contributed by atoms with Crippen LogP contribution in [0.2, 0.25) is 0 Å². The van der Waals surface area contributed by atoms with Crippen LogP contribution in [0.1, 0.15) is 16.7 Å². The maximum absolute atomic E-state index is 11.0. The zero-order valence-electron chi connectivity index (χ0n) is 17.0. The molecule has 0 amide bonds. The second-order valence-corrected chi connectivity index (χ2v) is 7.49. The smallest absolute Gasteiger partial charge is 0.344 e. The molecule has 30 heavy (non-hydrogen) atoms. The number of nitrogens with one attached hydrogen (secondary N) is 1. The molecule has 1 heterocycles. The standard InChI is InChI=1S/C23H27N3O4/c1-17-7-8-20(24-14-21(22(27)28)23(29)30)13-19(17)16-26-11-9-25(10-12-26)15-18-5-3-2-4-6-18/h2-8,13-14,24H,9-12,15-16H2,1H3,(H,27,28)(H,29,30). The number of hydrogen-bond acceptors (Lipinski definition) is 5. The Hall–Kier alpha value is -3.16. The van der Waals surface area contributed by atoms with Crippen molar-refractivity contribution < 1.29 is 19.8 Å². The molecule has 3 rings (SSSR count). The van der Waals surface area contributed by atoms with Crippen LogP contribution in [0.3, 0.4) is 0 Å². The van der Waals surface area contributed by atoms with Crippen LogP contribution in [0.5, 0.6) is 0 Å². The Morgan fingerprint density at radius 1 is 0.933 bits per heavy atom. The van der Waals surface area contributed by atoms with Crippen molar-refractivity contribution in [2.75, 3.05) is 31.5 Å². The topological polar surface area (TPSA) is 93.1 Å². The van der Waals surface area contributed by atoms with Gasteiger partial charge in [0, 0.05) is 51.2 Å². The number of carboxylic acid groups (broad SMARTS) is 2. The molecule has 0 saturated carbocycles. The van der Waals surface area contributed by atoms with Crippen molar-refractivity contribution in [3.8, 4) is 0 Å². The highest BCUT2D eigenvalue weighted by molar-refractivity contribution is 6.12. The van der Waals surface area contributed by atoms with Gasteiger partial charge < -0.3 is 15.5 Å². The molecule has 0 bridgehead atoms. The van der Waals surface area contributed by atoms with Crippen LogP contribution in [0.4, 0.5) is 5.69 Å². The van der Waals surface area contributed by atoms with Crippen LogP contribution < -0.4 is 5.32 Å². The summed E-state index contributed by atoms with van der Waals surface area (Å²) >= 11 is 0. The lowest BCUT2D eigenvalue weighted by Crippen LogP contribution is -2.45. The van der Waals surface area contributed by atoms with Gasteiger partial charge in [-0.1, -0.05) is 36.4 Å². The van der Waals surface area contributed by atoms with E-state index in [1.54, 1.807) is 0 Å². The summed E-state index contributed by atoms with van der Waals surface area (Å²) in [5, 5.41) is 20.7. The van der Waals surface area contributed by atoms with E-state index in [1.807, 2.05) is 31.2 Å². The molecule has 158 valence electrons. The third-order valence-electron chi connectivity index (χ3n) is 5.30. The second-order valence-electron chi connectivity index (χ2n) is 7.49. The zero-order chi connectivity index (χ0) is 21.5. The number of rotatable bonds is 8. The fourth-order valence-corrected chi connectivity index (χ4v) is 3.49. The molecule has 0 radical (unpaired) electrons. The van der Waals surface area contributed by atoms with Crippen molar-refractivity contribution in [1.82, 2.24) is 9.80 Å². The third-order valence-corrected chi connectivity index (χ3v) is 5.30. The number of carboxylic acids is 2. The van der Waals surface area contributed by atoms with Crippen molar-refractivity contribution in [3.05, 3.63) is 77.0 Å². The lowest BCUT2D eigenvalue weighted by Gasteiger charge is -2.35. The zero-order valence-corrected chi connectivity index (χ0v) is 17.0. The molecule has 1 aliphatic rings. The van der Waals surface area contributed by atoms with Crippen LogP contribution in [0.25, 0.3) is 0 Å². The second kappa shape index (κ2) is 10.0. The van der Waals surface area contributed by atoms with Gasteiger partial charge in [0.2, 0.25) is 0 Å². The van der Waals surface area contributed by atoms with Gasteiger partial charge in [0.05, 0.1) is 0 Å². The van der Waals surface area contributed by atoms with Crippen LogP contribution in [-0.4, -0.2) is 58.1 Å². The van der Waals surface area contributed by atoms with E-state index in [1.165, 1.54) is 5.56 Å². The molecule has 0 atom stereocenters. The highest BCUT2D eigenvalue weighted by Gasteiger charge is 2.18. The SMILES string of the molecule is Cc1ccc(NC=C(C(=O)O)C(=O)O)cc1CN1CCN(Cc2ccccc2)CC1. The summed E-state index contributed by atoms with van der Waals surface area (Å²) in [5.74, 6) is -2.95. The number of piperazine rings is 1. The minimum atomic E-state index is -1.48. The number of carbonyl (C=O) groups is 2. The molecule has 2 aromatic rings. The Balaban J connectivity index is 1.58. The van der Waals surface area contributed by atoms with Crippen molar-refractivity contribution in [3.63, 3.8) is 0 Å². The van der Waals surface area contributed by atoms with Crippen LogP contribution in [0, 0.1) is 6.92 Å². The predicted molar refractivity (Wildman–Crippen MR) is 115 cm³/mol. The van der Waals surface area contributed by atoms with Crippen molar-refractivity contribution in [1.29, 1.82) is 0 Å². The minimum Gasteiger partial charge on any atom is -0.477 e. The monoisotopic (exact) mass is 409 g/mol. The Labute approximate surface area is 176 Å². The average molecular weight is 409 g/mol. The first-order chi connectivity index (χ1) is 14.4. The van der Waals surface area contributed by atoms with Crippen LogP contribution in [-0.2, 0) is 22.7 Å². The Bertz CT molecular complexity index is 903. The van der Waals surface area contributed by atoms with Crippen molar-refractivity contribution >= 4 is 17.6 Å². The van der Waals surface area contributed by atoms with Crippen LogP contribution >= 0.6 is 0 Å². The van der Waals surface area contributed by atoms with Gasteiger partial charge in [0.25, 0.3) is 0 Å². The summed E-state index contributed by atoms with van der Waals surface area (Å²) in [6.45, 7) is 7.78. The molecule has 0 unspecified atom stereocenters. The largest absolute Gasteiger partial charge is 0.477 e. The molecular weight excluding hydrogens is 382 g/mol. The molecule has 1 fully saturated rings. The molecule has 1 saturated heterocycles. The summed E-state index contributed by atoms with van der Waals surface area (Å²) in [5.41, 5.74) is 3.57. The van der Waals surface area contributed by atoms with E-state index in [-0.39, 0.29) is 0 Å². The fourth-order valence-electron chi connectivity index (χ4n) is 3.49. The first-order valence-corrected chi connectivity index (χ1v) is 9.94. The van der Waals surface area contributed by atoms with Gasteiger partial charge in [-0.15, -0.1) is 0 Å². The first-order valence-electron chi connectivity index (χ1n) is 9.94. The molecule has 7 heteroatoms. The number of nitrogens with zero attached hydrogens (tertiary/aromatic N) is 2. The fraction of sp³-hybridized carbons (Fsp3) is 0.304. The van der Waals surface area contributed by atoms with E-state index in [9.17, 15) is 9.59 Å². The lowest BCUT2D eigenvalue weighted by molar-refractivity contribution is -0.140.